The van der Waals surface area contributed by atoms with Gasteiger partial charge in [-0.1, -0.05) is 152 Å². The zero-order valence-corrected chi connectivity index (χ0v) is 34.6. The van der Waals surface area contributed by atoms with Gasteiger partial charge in [-0.25, -0.2) is 4.79 Å². The van der Waals surface area contributed by atoms with Crippen LogP contribution in [0.4, 0.5) is 0 Å². The fourth-order valence-electron chi connectivity index (χ4n) is 6.28. The third-order valence-corrected chi connectivity index (χ3v) is 9.69. The van der Waals surface area contributed by atoms with E-state index < -0.39 is 61.3 Å². The second-order valence-electron chi connectivity index (χ2n) is 14.8. The van der Waals surface area contributed by atoms with Gasteiger partial charge in [-0.15, -0.1) is 0 Å². The van der Waals surface area contributed by atoms with Gasteiger partial charge in [0, 0.05) is 12.8 Å². The predicted molar refractivity (Wildman–Crippen MR) is 220 cm³/mol. The molecular weight excluding hydrogens is 716 g/mol. The van der Waals surface area contributed by atoms with E-state index in [1.807, 2.05) is 0 Å². The molecule has 0 saturated carbocycles. The first kappa shape index (κ1) is 51.2. The van der Waals surface area contributed by atoms with Gasteiger partial charge in [-0.3, -0.25) is 9.59 Å². The quantitative estimate of drug-likeness (QED) is 0.0275. The third kappa shape index (κ3) is 26.9. The van der Waals surface area contributed by atoms with E-state index in [1.165, 1.54) is 44.9 Å². The van der Waals surface area contributed by atoms with Crippen molar-refractivity contribution in [2.75, 3.05) is 13.2 Å². The molecule has 0 aromatic rings. The molecular formula is C45H76O11. The number of carboxylic acid groups (broad SMARTS) is 1. The van der Waals surface area contributed by atoms with Crippen LogP contribution in [-0.4, -0.2) is 88.4 Å². The van der Waals surface area contributed by atoms with Crippen LogP contribution in [-0.2, 0) is 33.3 Å². The van der Waals surface area contributed by atoms with E-state index in [-0.39, 0.29) is 19.4 Å². The van der Waals surface area contributed by atoms with E-state index in [0.717, 1.165) is 83.5 Å². The number of aliphatic hydroxyl groups is 3. The van der Waals surface area contributed by atoms with Crippen LogP contribution >= 0.6 is 0 Å². The molecule has 1 rings (SSSR count). The molecule has 0 amide bonds. The summed E-state index contributed by atoms with van der Waals surface area (Å²) < 4.78 is 21.7. The van der Waals surface area contributed by atoms with E-state index >= 15 is 0 Å². The molecule has 11 nitrogen and oxygen atoms in total. The summed E-state index contributed by atoms with van der Waals surface area (Å²) in [5, 5.41) is 39.7. The molecule has 0 aromatic heterocycles. The lowest BCUT2D eigenvalue weighted by molar-refractivity contribution is -0.298. The van der Waals surface area contributed by atoms with Crippen LogP contribution < -0.4 is 0 Å². The molecule has 11 heteroatoms. The highest BCUT2D eigenvalue weighted by atomic mass is 16.7. The second kappa shape index (κ2) is 35.3. The number of rotatable bonds is 35. The third-order valence-electron chi connectivity index (χ3n) is 9.69. The smallest absolute Gasteiger partial charge is 0.335 e. The molecule has 6 atom stereocenters. The van der Waals surface area contributed by atoms with Gasteiger partial charge in [0.15, 0.2) is 18.5 Å². The Morgan fingerprint density at radius 1 is 0.571 bits per heavy atom. The molecule has 6 unspecified atom stereocenters. The Morgan fingerprint density at radius 3 is 1.59 bits per heavy atom. The number of allylic oxidation sites excluding steroid dienone is 8. The summed E-state index contributed by atoms with van der Waals surface area (Å²) in [5.74, 6) is -2.46. The van der Waals surface area contributed by atoms with E-state index in [0.29, 0.717) is 12.8 Å². The van der Waals surface area contributed by atoms with E-state index in [2.05, 4.69) is 62.5 Å². The summed E-state index contributed by atoms with van der Waals surface area (Å²) in [6, 6.07) is 0. The number of aliphatic carboxylic acids is 1. The highest BCUT2D eigenvalue weighted by molar-refractivity contribution is 5.73. The molecule has 1 aliphatic rings. The normalized spacial score (nSPS) is 20.8. The summed E-state index contributed by atoms with van der Waals surface area (Å²) in [5.41, 5.74) is 0. The van der Waals surface area contributed by atoms with Crippen molar-refractivity contribution in [3.8, 4) is 0 Å². The molecule has 4 N–H and O–H groups in total. The molecule has 0 aliphatic carbocycles. The molecule has 56 heavy (non-hydrogen) atoms. The number of unbranched alkanes of at least 4 members (excludes halogenated alkanes) is 16. The monoisotopic (exact) mass is 793 g/mol. The van der Waals surface area contributed by atoms with Gasteiger partial charge in [0.05, 0.1) is 6.61 Å². The average molecular weight is 793 g/mol. The molecule has 0 radical (unpaired) electrons. The van der Waals surface area contributed by atoms with E-state index in [4.69, 9.17) is 18.9 Å². The number of carbonyl (C=O) groups excluding carboxylic acids is 2. The average Bonchev–Trinajstić information content (AvgIpc) is 3.18. The molecule has 322 valence electrons. The molecule has 1 saturated heterocycles. The maximum absolute atomic E-state index is 12.7. The number of esters is 2. The van der Waals surface area contributed by atoms with Crippen LogP contribution in [0, 0.1) is 0 Å². The Labute approximate surface area is 337 Å². The first-order valence-corrected chi connectivity index (χ1v) is 21.7. The largest absolute Gasteiger partial charge is 0.479 e. The lowest BCUT2D eigenvalue weighted by atomic mass is 9.99. The van der Waals surface area contributed by atoms with Crippen LogP contribution in [0.3, 0.4) is 0 Å². The van der Waals surface area contributed by atoms with Gasteiger partial charge in [0.25, 0.3) is 0 Å². The highest BCUT2D eigenvalue weighted by Crippen LogP contribution is 2.23. The summed E-state index contributed by atoms with van der Waals surface area (Å²) in [4.78, 5) is 36.7. The minimum atomic E-state index is -1.86. The van der Waals surface area contributed by atoms with Gasteiger partial charge in [0.1, 0.15) is 24.9 Å². The van der Waals surface area contributed by atoms with Gasteiger partial charge in [0.2, 0.25) is 0 Å². The maximum Gasteiger partial charge on any atom is 0.335 e. The van der Waals surface area contributed by atoms with Crippen LogP contribution in [0.1, 0.15) is 168 Å². The zero-order valence-electron chi connectivity index (χ0n) is 34.6. The number of carboxylic acids is 1. The fourth-order valence-corrected chi connectivity index (χ4v) is 6.28. The standard InChI is InChI=1S/C45H76O11/c1-3-5-7-9-11-13-15-16-17-18-19-20-21-22-24-25-27-29-31-33-38(46)53-35-37(36-54-45-42(50)40(48)41(49)43(56-45)44(51)52)55-39(47)34-32-30-28-26-23-14-12-10-8-6-4-2/h5,7,11,13,16-17,19-20,37,40-43,45,48-50H,3-4,6,8-10,12,14-15,18,21-36H2,1-2H3,(H,51,52)/b7-5-,13-11-,17-16-,20-19-. The van der Waals surface area contributed by atoms with Crippen LogP contribution in [0.2, 0.25) is 0 Å². The van der Waals surface area contributed by atoms with Gasteiger partial charge < -0.3 is 39.4 Å². The van der Waals surface area contributed by atoms with Crippen molar-refractivity contribution in [1.29, 1.82) is 0 Å². The van der Waals surface area contributed by atoms with E-state index in [9.17, 15) is 34.8 Å². The summed E-state index contributed by atoms with van der Waals surface area (Å²) in [7, 11) is 0. The fraction of sp³-hybridized carbons (Fsp3) is 0.756. The van der Waals surface area contributed by atoms with Gasteiger partial charge in [-0.2, -0.15) is 0 Å². The van der Waals surface area contributed by atoms with E-state index in [1.54, 1.807) is 0 Å². The Bertz CT molecular complexity index is 1120. The number of aliphatic hydroxyl groups excluding tert-OH is 3. The Hall–Kier alpha value is -2.83. The van der Waals surface area contributed by atoms with Crippen LogP contribution in [0.5, 0.6) is 0 Å². The Balaban J connectivity index is 2.37. The van der Waals surface area contributed by atoms with Crippen molar-refractivity contribution in [3.63, 3.8) is 0 Å². The van der Waals surface area contributed by atoms with Crippen molar-refractivity contribution in [2.24, 2.45) is 0 Å². The first-order valence-electron chi connectivity index (χ1n) is 21.7. The second-order valence-corrected chi connectivity index (χ2v) is 14.8. The van der Waals surface area contributed by atoms with Crippen LogP contribution in [0.15, 0.2) is 48.6 Å². The minimum Gasteiger partial charge on any atom is -0.479 e. The topological polar surface area (TPSA) is 169 Å². The number of hydrogen-bond donors (Lipinski definition) is 4. The Kier molecular flexibility index (Phi) is 32.3. The number of ether oxygens (including phenoxy) is 4. The SMILES string of the molecule is CC/C=C\C/C=C\C/C=C\C/C=C\CCCCCCCCC(=O)OCC(COC1OC(C(=O)O)C(O)C(O)C1O)OC(=O)CCCCCCCCCCCCC. The molecule has 1 heterocycles. The highest BCUT2D eigenvalue weighted by Gasteiger charge is 2.47. The van der Waals surface area contributed by atoms with Crippen molar-refractivity contribution in [2.45, 2.75) is 205 Å². The maximum atomic E-state index is 12.7. The Morgan fingerprint density at radius 2 is 1.05 bits per heavy atom. The van der Waals surface area contributed by atoms with Crippen molar-refractivity contribution < 1.29 is 53.8 Å². The van der Waals surface area contributed by atoms with Crippen molar-refractivity contribution >= 4 is 17.9 Å². The van der Waals surface area contributed by atoms with Crippen molar-refractivity contribution in [3.05, 3.63) is 48.6 Å². The van der Waals surface area contributed by atoms with Gasteiger partial charge in [-0.05, 0) is 51.4 Å². The lowest BCUT2D eigenvalue weighted by Crippen LogP contribution is -2.60. The summed E-state index contributed by atoms with van der Waals surface area (Å²) >= 11 is 0. The van der Waals surface area contributed by atoms with Crippen molar-refractivity contribution in [1.82, 2.24) is 0 Å². The summed E-state index contributed by atoms with van der Waals surface area (Å²) in [6.45, 7) is 3.66. The molecule has 1 fully saturated rings. The summed E-state index contributed by atoms with van der Waals surface area (Å²) in [6.07, 6.45) is 31.7. The zero-order chi connectivity index (χ0) is 41.1. The molecule has 1 aliphatic heterocycles. The molecule has 0 aromatic carbocycles. The first-order chi connectivity index (χ1) is 27.2. The molecule has 0 spiro atoms. The van der Waals surface area contributed by atoms with Crippen LogP contribution in [0.25, 0.3) is 0 Å². The number of carbonyl (C=O) groups is 3. The minimum absolute atomic E-state index is 0.180. The van der Waals surface area contributed by atoms with Gasteiger partial charge >= 0.3 is 17.9 Å². The predicted octanol–water partition coefficient (Wildman–Crippen LogP) is 8.98. The molecule has 0 bridgehead atoms. The number of hydrogen-bond acceptors (Lipinski definition) is 10. The lowest BCUT2D eigenvalue weighted by Gasteiger charge is -2.38.